The summed E-state index contributed by atoms with van der Waals surface area (Å²) in [5.74, 6) is -0.557. The van der Waals surface area contributed by atoms with Gasteiger partial charge < -0.3 is 4.74 Å². The Morgan fingerprint density at radius 3 is 2.31 bits per heavy atom. The van der Waals surface area contributed by atoms with Gasteiger partial charge in [0.2, 0.25) is 0 Å². The van der Waals surface area contributed by atoms with Crippen LogP contribution >= 0.6 is 0 Å². The molecule has 0 fully saturated rings. The van der Waals surface area contributed by atoms with E-state index in [0.717, 1.165) is 27.1 Å². The van der Waals surface area contributed by atoms with Crippen LogP contribution in [0.5, 0.6) is 0 Å². The third-order valence-corrected chi connectivity index (χ3v) is 5.45. The Balaban J connectivity index is 1.72. The number of nitro groups is 1. The summed E-state index contributed by atoms with van der Waals surface area (Å²) in [6, 6.07) is 26.1. The van der Waals surface area contributed by atoms with E-state index in [1.165, 1.54) is 19.2 Å². The van der Waals surface area contributed by atoms with E-state index in [1.54, 1.807) is 22.9 Å². The molecule has 4 aromatic carbocycles. The first-order valence-electron chi connectivity index (χ1n) is 9.90. The average Bonchev–Trinajstić information content (AvgIpc) is 3.28. The van der Waals surface area contributed by atoms with Gasteiger partial charge in [-0.2, -0.15) is 5.10 Å². The first kappa shape index (κ1) is 19.4. The summed E-state index contributed by atoms with van der Waals surface area (Å²) in [6.45, 7) is 0. The van der Waals surface area contributed by atoms with Crippen molar-refractivity contribution < 1.29 is 14.5 Å². The van der Waals surface area contributed by atoms with Crippen LogP contribution in [0.3, 0.4) is 0 Å². The highest BCUT2D eigenvalue weighted by molar-refractivity contribution is 6.08. The molecule has 7 heteroatoms. The van der Waals surface area contributed by atoms with Crippen LogP contribution in [-0.2, 0) is 4.74 Å². The highest BCUT2D eigenvalue weighted by Crippen LogP contribution is 2.32. The van der Waals surface area contributed by atoms with Gasteiger partial charge in [-0.15, -0.1) is 0 Å². The van der Waals surface area contributed by atoms with Gasteiger partial charge in [-0.1, -0.05) is 48.5 Å². The molecule has 156 valence electrons. The summed E-state index contributed by atoms with van der Waals surface area (Å²) in [4.78, 5) is 22.8. The van der Waals surface area contributed by atoms with Crippen LogP contribution in [0.1, 0.15) is 10.5 Å². The Hall–Kier alpha value is -4.52. The number of methoxy groups -OCH3 is 1. The quantitative estimate of drug-likeness (QED) is 0.164. The van der Waals surface area contributed by atoms with Crippen LogP contribution in [0.4, 0.5) is 5.69 Å². The Labute approximate surface area is 182 Å². The number of benzene rings is 4. The van der Waals surface area contributed by atoms with Gasteiger partial charge in [0, 0.05) is 17.7 Å². The van der Waals surface area contributed by atoms with Crippen molar-refractivity contribution in [2.45, 2.75) is 0 Å². The van der Waals surface area contributed by atoms with Crippen molar-refractivity contribution in [2.75, 3.05) is 7.11 Å². The monoisotopic (exact) mass is 423 g/mol. The third kappa shape index (κ3) is 3.26. The van der Waals surface area contributed by atoms with Crippen LogP contribution in [0.25, 0.3) is 38.5 Å². The second-order valence-electron chi connectivity index (χ2n) is 7.31. The molecule has 5 aromatic rings. The Bertz CT molecular complexity index is 1500. The molecule has 0 aliphatic heterocycles. The number of carbonyl (C=O) groups is 1. The zero-order chi connectivity index (χ0) is 22.2. The number of aromatic nitrogens is 2. The van der Waals surface area contributed by atoms with Crippen molar-refractivity contribution in [3.63, 3.8) is 0 Å². The predicted molar refractivity (Wildman–Crippen MR) is 122 cm³/mol. The molecular formula is C25H17N3O4. The molecule has 0 saturated heterocycles. The van der Waals surface area contributed by atoms with E-state index in [1.807, 2.05) is 24.3 Å². The number of hydrogen-bond acceptors (Lipinski definition) is 5. The van der Waals surface area contributed by atoms with E-state index in [2.05, 4.69) is 35.4 Å². The molecule has 1 heterocycles. The van der Waals surface area contributed by atoms with Crippen molar-refractivity contribution in [3.05, 3.63) is 101 Å². The minimum absolute atomic E-state index is 0.0205. The zero-order valence-corrected chi connectivity index (χ0v) is 17.1. The highest BCUT2D eigenvalue weighted by Gasteiger charge is 2.18. The normalized spacial score (nSPS) is 11.0. The van der Waals surface area contributed by atoms with Gasteiger partial charge in [-0.05, 0) is 45.8 Å². The number of carbonyl (C=O) groups excluding carboxylic acids is 1. The lowest BCUT2D eigenvalue weighted by molar-refractivity contribution is -0.384. The Kier molecular flexibility index (Phi) is 4.63. The van der Waals surface area contributed by atoms with Crippen LogP contribution in [0.2, 0.25) is 0 Å². The largest absolute Gasteiger partial charge is 0.464 e. The molecule has 0 spiro atoms. The number of fused-ring (bicyclic) bond motifs is 3. The number of non-ortho nitro benzene ring substituents is 1. The van der Waals surface area contributed by atoms with E-state index in [4.69, 9.17) is 4.74 Å². The maximum Gasteiger partial charge on any atom is 0.358 e. The molecule has 0 radical (unpaired) electrons. The fraction of sp³-hybridized carbons (Fsp3) is 0.0400. The molecule has 0 atom stereocenters. The highest BCUT2D eigenvalue weighted by atomic mass is 16.6. The lowest BCUT2D eigenvalue weighted by Crippen LogP contribution is -2.04. The second-order valence-corrected chi connectivity index (χ2v) is 7.31. The summed E-state index contributed by atoms with van der Waals surface area (Å²) >= 11 is 0. The number of nitro benzene ring substituents is 1. The molecule has 1 aromatic heterocycles. The maximum atomic E-state index is 12.2. The molecule has 0 unspecified atom stereocenters. The van der Waals surface area contributed by atoms with E-state index in [0.29, 0.717) is 11.4 Å². The second kappa shape index (κ2) is 7.63. The minimum atomic E-state index is -0.557. The molecule has 0 aliphatic rings. The smallest absolute Gasteiger partial charge is 0.358 e. The number of ether oxygens (including phenoxy) is 1. The molecule has 0 amide bonds. The zero-order valence-electron chi connectivity index (χ0n) is 17.1. The van der Waals surface area contributed by atoms with Gasteiger partial charge >= 0.3 is 5.97 Å². The lowest BCUT2D eigenvalue weighted by Gasteiger charge is -2.10. The fourth-order valence-electron chi connectivity index (χ4n) is 3.86. The van der Waals surface area contributed by atoms with Crippen molar-refractivity contribution in [3.8, 4) is 16.9 Å². The summed E-state index contributed by atoms with van der Waals surface area (Å²) in [5.41, 5.74) is 2.26. The van der Waals surface area contributed by atoms with E-state index in [9.17, 15) is 14.9 Å². The van der Waals surface area contributed by atoms with E-state index >= 15 is 0 Å². The molecule has 32 heavy (non-hydrogen) atoms. The predicted octanol–water partition coefficient (Wildman–Crippen LogP) is 5.54. The topological polar surface area (TPSA) is 87.3 Å². The number of rotatable bonds is 4. The van der Waals surface area contributed by atoms with Gasteiger partial charge in [0.25, 0.3) is 5.69 Å². The van der Waals surface area contributed by atoms with Crippen molar-refractivity contribution in [1.29, 1.82) is 0 Å². The summed E-state index contributed by atoms with van der Waals surface area (Å²) in [6.07, 6.45) is 0. The van der Waals surface area contributed by atoms with Crippen LogP contribution < -0.4 is 0 Å². The van der Waals surface area contributed by atoms with E-state index < -0.39 is 10.9 Å². The molecule has 0 bridgehead atoms. The summed E-state index contributed by atoms with van der Waals surface area (Å²) < 4.78 is 6.45. The van der Waals surface area contributed by atoms with Gasteiger partial charge in [0.05, 0.1) is 23.4 Å². The van der Waals surface area contributed by atoms with E-state index in [-0.39, 0.29) is 11.4 Å². The molecule has 0 N–H and O–H groups in total. The SMILES string of the molecule is COC(=O)c1cc(-c2ccc3ccc4ccccc4c3c2)n(-c2ccc([N+](=O)[O-])cc2)n1. The standard InChI is InChI=1S/C25H17N3O4/c1-32-25(29)23-15-24(27(26-23)19-10-12-20(13-11-19)28(30)31)18-9-8-17-7-6-16-4-2-3-5-21(16)22(17)14-18/h2-15H,1H3. The first-order valence-corrected chi connectivity index (χ1v) is 9.90. The molecule has 0 saturated carbocycles. The van der Waals surface area contributed by atoms with Crippen molar-refractivity contribution in [2.24, 2.45) is 0 Å². The summed E-state index contributed by atoms with van der Waals surface area (Å²) in [7, 11) is 1.30. The van der Waals surface area contributed by atoms with Crippen LogP contribution in [0, 0.1) is 10.1 Å². The molecule has 5 rings (SSSR count). The average molecular weight is 423 g/mol. The Morgan fingerprint density at radius 1 is 0.906 bits per heavy atom. The molecular weight excluding hydrogens is 406 g/mol. The summed E-state index contributed by atoms with van der Waals surface area (Å²) in [5, 5.41) is 19.9. The maximum absolute atomic E-state index is 12.2. The molecule has 7 nitrogen and oxygen atoms in total. The minimum Gasteiger partial charge on any atom is -0.464 e. The van der Waals surface area contributed by atoms with Gasteiger partial charge in [-0.25, -0.2) is 9.48 Å². The van der Waals surface area contributed by atoms with Crippen molar-refractivity contribution >= 4 is 33.2 Å². The van der Waals surface area contributed by atoms with Crippen molar-refractivity contribution in [1.82, 2.24) is 9.78 Å². The number of hydrogen-bond donors (Lipinski definition) is 0. The third-order valence-electron chi connectivity index (χ3n) is 5.45. The lowest BCUT2D eigenvalue weighted by atomic mass is 9.99. The van der Waals surface area contributed by atoms with Gasteiger partial charge in [-0.3, -0.25) is 10.1 Å². The molecule has 0 aliphatic carbocycles. The Morgan fingerprint density at radius 2 is 1.59 bits per heavy atom. The van der Waals surface area contributed by atoms with Gasteiger partial charge in [0.1, 0.15) is 0 Å². The number of esters is 1. The fourth-order valence-corrected chi connectivity index (χ4v) is 3.86. The number of nitrogens with zero attached hydrogens (tertiary/aromatic N) is 3. The van der Waals surface area contributed by atoms with Gasteiger partial charge in [0.15, 0.2) is 5.69 Å². The van der Waals surface area contributed by atoms with Crippen LogP contribution in [-0.4, -0.2) is 27.8 Å². The first-order chi connectivity index (χ1) is 15.5. The van der Waals surface area contributed by atoms with Crippen LogP contribution in [0.15, 0.2) is 84.9 Å².